The highest BCUT2D eigenvalue weighted by molar-refractivity contribution is 5.76. The van der Waals surface area contributed by atoms with E-state index in [1.807, 2.05) is 12.1 Å². The summed E-state index contributed by atoms with van der Waals surface area (Å²) in [6.45, 7) is 3.82. The van der Waals surface area contributed by atoms with Crippen LogP contribution in [-0.4, -0.2) is 36.3 Å². The summed E-state index contributed by atoms with van der Waals surface area (Å²) in [4.78, 5) is 6.86. The minimum Gasteiger partial charge on any atom is -0.594 e. The number of nitrogen functional groups attached to an aromatic ring is 1. The van der Waals surface area contributed by atoms with Gasteiger partial charge in [-0.25, -0.2) is 4.98 Å². The molecule has 2 heterocycles. The van der Waals surface area contributed by atoms with Crippen LogP contribution in [0.15, 0.2) is 18.2 Å². The maximum atomic E-state index is 11.5. The molecule has 0 bridgehead atoms. The summed E-state index contributed by atoms with van der Waals surface area (Å²) in [6, 6.07) is 5.54. The summed E-state index contributed by atoms with van der Waals surface area (Å²) < 4.78 is 0. The largest absolute Gasteiger partial charge is 0.594 e. The molecule has 0 aliphatic carbocycles. The second-order valence-corrected chi connectivity index (χ2v) is 4.25. The van der Waals surface area contributed by atoms with Gasteiger partial charge in [-0.1, -0.05) is 0 Å². The van der Waals surface area contributed by atoms with Gasteiger partial charge in [-0.2, -0.15) is 0 Å². The maximum Gasteiger partial charge on any atom is 0.288 e. The van der Waals surface area contributed by atoms with Gasteiger partial charge in [-0.3, -0.25) is 0 Å². The van der Waals surface area contributed by atoms with E-state index in [0.29, 0.717) is 15.9 Å². The first-order valence-electron chi connectivity index (χ1n) is 5.87. The normalized spacial score (nSPS) is 16.1. The molecule has 0 spiro atoms. The highest BCUT2D eigenvalue weighted by Crippen LogP contribution is 2.19. The Morgan fingerprint density at radius 3 is 2.89 bits per heavy atom. The Bertz CT molecular complexity index is 581. The molecular formula is C11H14N6O. The van der Waals surface area contributed by atoms with Crippen molar-refractivity contribution in [1.29, 1.82) is 0 Å². The van der Waals surface area contributed by atoms with Crippen LogP contribution in [0.25, 0.3) is 11.0 Å². The smallest absolute Gasteiger partial charge is 0.288 e. The molecule has 3 rings (SSSR count). The number of anilines is 2. The van der Waals surface area contributed by atoms with Gasteiger partial charge in [-0.05, 0) is 17.0 Å². The molecule has 1 fully saturated rings. The van der Waals surface area contributed by atoms with E-state index in [9.17, 15) is 5.21 Å². The maximum absolute atomic E-state index is 11.5. The zero-order valence-corrected chi connectivity index (χ0v) is 9.83. The van der Waals surface area contributed by atoms with E-state index in [1.54, 1.807) is 6.07 Å². The van der Waals surface area contributed by atoms with Crippen molar-refractivity contribution in [3.8, 4) is 0 Å². The molecular weight excluding hydrogens is 232 g/mol. The van der Waals surface area contributed by atoms with Gasteiger partial charge in [0.15, 0.2) is 0 Å². The van der Waals surface area contributed by atoms with Gasteiger partial charge in [0.2, 0.25) is 0 Å². The number of hydrogen-bond donors (Lipinski definition) is 2. The molecule has 0 saturated carbocycles. The Hall–Kier alpha value is -2.15. The quantitative estimate of drug-likeness (QED) is 0.508. The Balaban J connectivity index is 2.04. The van der Waals surface area contributed by atoms with Crippen LogP contribution in [-0.2, 0) is 0 Å². The molecule has 1 aliphatic rings. The highest BCUT2D eigenvalue weighted by atomic mass is 16.5. The lowest BCUT2D eigenvalue weighted by atomic mass is 10.2. The standard InChI is InChI=1S/C11H14N6O/c12-11-14-9-7-8(16-5-3-13-4-6-16)1-2-10(9)17(18)15-11/h1-2,7,13H,3-6H2,(H2,12,14,15). The zero-order chi connectivity index (χ0) is 12.5. The Labute approximate surface area is 104 Å². The summed E-state index contributed by atoms with van der Waals surface area (Å²) in [6.07, 6.45) is 0. The number of nitrogens with one attached hydrogen (secondary N) is 1. The number of nitrogens with two attached hydrogens (primary N) is 1. The molecule has 0 unspecified atom stereocenters. The SMILES string of the molecule is Nc1nc2cc(N3CCNCC3)ccc2[n+]([O-])n1. The fraction of sp³-hybridized carbons (Fsp3) is 0.364. The monoisotopic (exact) mass is 246 g/mol. The fourth-order valence-corrected chi connectivity index (χ4v) is 2.18. The molecule has 1 saturated heterocycles. The summed E-state index contributed by atoms with van der Waals surface area (Å²) in [5, 5.41) is 18.4. The van der Waals surface area contributed by atoms with Gasteiger partial charge in [0, 0.05) is 37.9 Å². The molecule has 0 radical (unpaired) electrons. The Morgan fingerprint density at radius 2 is 2.11 bits per heavy atom. The third-order valence-electron chi connectivity index (χ3n) is 3.08. The molecule has 7 nitrogen and oxygen atoms in total. The van der Waals surface area contributed by atoms with E-state index >= 15 is 0 Å². The predicted molar refractivity (Wildman–Crippen MR) is 68.0 cm³/mol. The zero-order valence-electron chi connectivity index (χ0n) is 9.83. The molecule has 1 aromatic heterocycles. The first-order valence-corrected chi connectivity index (χ1v) is 5.87. The number of nitrogens with zero attached hydrogens (tertiary/aromatic N) is 4. The summed E-state index contributed by atoms with van der Waals surface area (Å²) in [5.41, 5.74) is 7.55. The Kier molecular flexibility index (Phi) is 2.60. The molecule has 7 heteroatoms. The third kappa shape index (κ3) is 1.88. The van der Waals surface area contributed by atoms with Crippen molar-refractivity contribution in [1.82, 2.24) is 15.4 Å². The fourth-order valence-electron chi connectivity index (χ4n) is 2.18. The van der Waals surface area contributed by atoms with E-state index < -0.39 is 0 Å². The van der Waals surface area contributed by atoms with Crippen LogP contribution in [0.3, 0.4) is 0 Å². The topological polar surface area (TPSA) is 94.0 Å². The van der Waals surface area contributed by atoms with Crippen molar-refractivity contribution >= 4 is 22.7 Å². The van der Waals surface area contributed by atoms with Crippen molar-refractivity contribution < 1.29 is 4.85 Å². The summed E-state index contributed by atoms with van der Waals surface area (Å²) >= 11 is 0. The third-order valence-corrected chi connectivity index (χ3v) is 3.08. The van der Waals surface area contributed by atoms with E-state index in [0.717, 1.165) is 31.9 Å². The molecule has 1 aromatic carbocycles. The summed E-state index contributed by atoms with van der Waals surface area (Å²) in [5.74, 6) is -0.00467. The first kappa shape index (κ1) is 11.0. The minimum atomic E-state index is -0.00467. The van der Waals surface area contributed by atoms with E-state index in [2.05, 4.69) is 20.3 Å². The Morgan fingerprint density at radius 1 is 1.33 bits per heavy atom. The number of rotatable bonds is 1. The van der Waals surface area contributed by atoms with Gasteiger partial charge in [0.05, 0.1) is 5.10 Å². The lowest BCUT2D eigenvalue weighted by Crippen LogP contribution is -2.43. The van der Waals surface area contributed by atoms with Gasteiger partial charge < -0.3 is 21.2 Å². The number of hydrogen-bond acceptors (Lipinski definition) is 6. The van der Waals surface area contributed by atoms with E-state index in [1.165, 1.54) is 0 Å². The van der Waals surface area contributed by atoms with Crippen LogP contribution in [0.2, 0.25) is 0 Å². The van der Waals surface area contributed by atoms with Crippen molar-refractivity contribution in [2.24, 2.45) is 0 Å². The van der Waals surface area contributed by atoms with E-state index in [4.69, 9.17) is 5.73 Å². The number of fused-ring (bicyclic) bond motifs is 1. The number of piperazine rings is 1. The van der Waals surface area contributed by atoms with Crippen LogP contribution in [0.4, 0.5) is 11.6 Å². The van der Waals surface area contributed by atoms with Crippen molar-refractivity contribution in [3.05, 3.63) is 23.4 Å². The van der Waals surface area contributed by atoms with Crippen LogP contribution >= 0.6 is 0 Å². The summed E-state index contributed by atoms with van der Waals surface area (Å²) in [7, 11) is 0. The van der Waals surface area contributed by atoms with E-state index in [-0.39, 0.29) is 5.95 Å². The van der Waals surface area contributed by atoms with Gasteiger partial charge in [0.25, 0.3) is 11.5 Å². The molecule has 0 atom stereocenters. The van der Waals surface area contributed by atoms with Gasteiger partial charge >= 0.3 is 0 Å². The average molecular weight is 246 g/mol. The lowest BCUT2D eigenvalue weighted by Gasteiger charge is -2.29. The highest BCUT2D eigenvalue weighted by Gasteiger charge is 2.14. The number of benzene rings is 1. The lowest BCUT2D eigenvalue weighted by molar-refractivity contribution is -0.641. The van der Waals surface area contributed by atoms with Crippen molar-refractivity contribution in [2.45, 2.75) is 0 Å². The first-order chi connectivity index (χ1) is 8.74. The van der Waals surface area contributed by atoms with Crippen molar-refractivity contribution in [2.75, 3.05) is 36.8 Å². The van der Waals surface area contributed by atoms with Gasteiger partial charge in [-0.15, -0.1) is 0 Å². The molecule has 1 aliphatic heterocycles. The van der Waals surface area contributed by atoms with Crippen LogP contribution < -0.4 is 20.8 Å². The van der Waals surface area contributed by atoms with Crippen LogP contribution in [0.1, 0.15) is 0 Å². The second kappa shape index (κ2) is 4.26. The van der Waals surface area contributed by atoms with Crippen LogP contribution in [0, 0.1) is 5.21 Å². The van der Waals surface area contributed by atoms with Gasteiger partial charge in [0.1, 0.15) is 5.52 Å². The molecule has 94 valence electrons. The molecule has 0 amide bonds. The average Bonchev–Trinajstić information content (AvgIpc) is 2.39. The molecule has 18 heavy (non-hydrogen) atoms. The molecule has 3 N–H and O–H groups in total. The second-order valence-electron chi connectivity index (χ2n) is 4.25. The van der Waals surface area contributed by atoms with Crippen LogP contribution in [0.5, 0.6) is 0 Å². The van der Waals surface area contributed by atoms with Crippen molar-refractivity contribution in [3.63, 3.8) is 0 Å². The number of aromatic nitrogens is 3. The molecule has 2 aromatic rings. The minimum absolute atomic E-state index is 0.00467. The predicted octanol–water partition coefficient (Wildman–Crippen LogP) is -0.745.